The molecular formula is C10H15KO2. The van der Waals surface area contributed by atoms with Crippen molar-refractivity contribution in [3.05, 3.63) is 30.3 Å². The van der Waals surface area contributed by atoms with E-state index in [-0.39, 0.29) is 58.4 Å². The summed E-state index contributed by atoms with van der Waals surface area (Å²) in [6.45, 7) is 5.82. The van der Waals surface area contributed by atoms with Crippen molar-refractivity contribution in [2.75, 3.05) is 0 Å². The van der Waals surface area contributed by atoms with Crippen molar-refractivity contribution in [2.45, 2.75) is 26.4 Å². The second kappa shape index (κ2) is 6.17. The van der Waals surface area contributed by atoms with Crippen molar-refractivity contribution in [3.63, 3.8) is 0 Å². The summed E-state index contributed by atoms with van der Waals surface area (Å²) in [4.78, 5) is 10.2. The van der Waals surface area contributed by atoms with Crippen molar-refractivity contribution in [1.29, 1.82) is 0 Å². The van der Waals surface area contributed by atoms with Gasteiger partial charge in [-0.2, -0.15) is 4.89 Å². The van der Waals surface area contributed by atoms with E-state index >= 15 is 0 Å². The number of benzene rings is 1. The number of hydrogen-bond donors (Lipinski definition) is 0. The van der Waals surface area contributed by atoms with Crippen molar-refractivity contribution in [2.24, 2.45) is 0 Å². The molecule has 68 valence electrons. The molecule has 1 rings (SSSR count). The van der Waals surface area contributed by atoms with Gasteiger partial charge in [0.15, 0.2) is 5.75 Å². The second-order valence-electron chi connectivity index (χ2n) is 3.59. The summed E-state index contributed by atoms with van der Waals surface area (Å²) in [7, 11) is 0. The zero-order valence-corrected chi connectivity index (χ0v) is 11.8. The first kappa shape index (κ1) is 13.6. The zero-order valence-electron chi connectivity index (χ0n) is 9.70. The Morgan fingerprint density at radius 1 is 1.08 bits per heavy atom. The third-order valence-corrected chi connectivity index (χ3v) is 1.13. The van der Waals surface area contributed by atoms with Crippen LogP contribution >= 0.6 is 0 Å². The Bertz CT molecular complexity index is 234. The average Bonchev–Trinajstić information content (AvgIpc) is 2.02. The van der Waals surface area contributed by atoms with E-state index in [4.69, 9.17) is 9.78 Å². The molecule has 3 heteroatoms. The molecule has 0 fully saturated rings. The maximum absolute atomic E-state index is 5.12. The minimum absolute atomic E-state index is 0. The average molecular weight is 206 g/mol. The minimum Gasteiger partial charge on any atom is -1.00 e. The first-order valence-corrected chi connectivity index (χ1v) is 3.99. The molecule has 0 aliphatic rings. The van der Waals surface area contributed by atoms with Gasteiger partial charge in [-0.3, -0.25) is 0 Å². The van der Waals surface area contributed by atoms with Gasteiger partial charge in [0.25, 0.3) is 0 Å². The Morgan fingerprint density at radius 3 is 2.08 bits per heavy atom. The predicted octanol–water partition coefficient (Wildman–Crippen LogP) is -0.0880. The van der Waals surface area contributed by atoms with Crippen LogP contribution in [-0.2, 0) is 4.89 Å². The smallest absolute Gasteiger partial charge is 1.00 e. The summed E-state index contributed by atoms with van der Waals surface area (Å²) in [5, 5.41) is 0. The first-order valence-electron chi connectivity index (χ1n) is 3.99. The Labute approximate surface area is 123 Å². The molecule has 0 heterocycles. The van der Waals surface area contributed by atoms with Crippen LogP contribution in [0.25, 0.3) is 0 Å². The SMILES string of the molecule is CC(C)(C)OOc1ccccc1.[H-].[K+]. The summed E-state index contributed by atoms with van der Waals surface area (Å²) in [5.74, 6) is 0.729. The van der Waals surface area contributed by atoms with Crippen LogP contribution in [0.3, 0.4) is 0 Å². The van der Waals surface area contributed by atoms with Gasteiger partial charge in [-0.05, 0) is 32.9 Å². The minimum atomic E-state index is -0.268. The fourth-order valence-electron chi connectivity index (χ4n) is 0.649. The number of hydrogen-bond acceptors (Lipinski definition) is 2. The maximum atomic E-state index is 5.12. The standard InChI is InChI=1S/C10H14O2.K.H/c1-10(2,3)12-11-9-7-5-4-6-8-9;;/h4-8H,1-3H3;;/q;+1;-1. The molecule has 1 aromatic rings. The van der Waals surface area contributed by atoms with E-state index in [2.05, 4.69) is 0 Å². The quantitative estimate of drug-likeness (QED) is 0.382. The fourth-order valence-corrected chi connectivity index (χ4v) is 0.649. The zero-order chi connectivity index (χ0) is 9.03. The molecule has 0 unspecified atom stereocenters. The second-order valence-corrected chi connectivity index (χ2v) is 3.59. The Morgan fingerprint density at radius 2 is 1.62 bits per heavy atom. The van der Waals surface area contributed by atoms with E-state index in [1.54, 1.807) is 0 Å². The molecule has 0 spiro atoms. The van der Waals surface area contributed by atoms with Gasteiger partial charge in [0.05, 0.1) is 0 Å². The van der Waals surface area contributed by atoms with Gasteiger partial charge >= 0.3 is 51.4 Å². The third-order valence-electron chi connectivity index (χ3n) is 1.13. The number of para-hydroxylation sites is 1. The van der Waals surface area contributed by atoms with Crippen LogP contribution in [0.4, 0.5) is 0 Å². The van der Waals surface area contributed by atoms with Gasteiger partial charge in [0.1, 0.15) is 5.60 Å². The molecule has 0 bridgehead atoms. The largest absolute Gasteiger partial charge is 1.00 e. The molecule has 0 saturated carbocycles. The summed E-state index contributed by atoms with van der Waals surface area (Å²) in [5.41, 5.74) is -0.268. The molecule has 0 amide bonds. The molecule has 1 aromatic carbocycles. The van der Waals surface area contributed by atoms with E-state index in [1.807, 2.05) is 51.1 Å². The summed E-state index contributed by atoms with van der Waals surface area (Å²) in [6.07, 6.45) is 0. The van der Waals surface area contributed by atoms with Crippen LogP contribution in [0.1, 0.15) is 22.2 Å². The molecule has 2 nitrogen and oxygen atoms in total. The van der Waals surface area contributed by atoms with E-state index in [1.165, 1.54) is 0 Å². The predicted molar refractivity (Wildman–Crippen MR) is 49.0 cm³/mol. The molecule has 0 radical (unpaired) electrons. The maximum Gasteiger partial charge on any atom is 1.00 e. The van der Waals surface area contributed by atoms with Crippen LogP contribution in [-0.4, -0.2) is 5.60 Å². The first-order chi connectivity index (χ1) is 5.58. The number of rotatable bonds is 2. The summed E-state index contributed by atoms with van der Waals surface area (Å²) < 4.78 is 0. The molecule has 0 aliphatic carbocycles. The van der Waals surface area contributed by atoms with Gasteiger partial charge in [-0.1, -0.05) is 18.2 Å². The van der Waals surface area contributed by atoms with Gasteiger partial charge in [0.2, 0.25) is 0 Å². The van der Waals surface area contributed by atoms with E-state index < -0.39 is 0 Å². The van der Waals surface area contributed by atoms with Crippen molar-refractivity contribution in [1.82, 2.24) is 0 Å². The molecule has 13 heavy (non-hydrogen) atoms. The van der Waals surface area contributed by atoms with Gasteiger partial charge in [-0.15, -0.1) is 0 Å². The summed E-state index contributed by atoms with van der Waals surface area (Å²) in [6, 6.07) is 9.45. The normalized spacial score (nSPS) is 10.4. The van der Waals surface area contributed by atoms with Crippen molar-refractivity contribution >= 4 is 0 Å². The fraction of sp³-hybridized carbons (Fsp3) is 0.400. The van der Waals surface area contributed by atoms with Crippen LogP contribution in [0.5, 0.6) is 5.75 Å². The molecule has 0 atom stereocenters. The van der Waals surface area contributed by atoms with Gasteiger partial charge in [0, 0.05) is 0 Å². The Hall–Kier alpha value is 0.616. The Balaban J connectivity index is 0. The van der Waals surface area contributed by atoms with Gasteiger partial charge in [-0.25, -0.2) is 0 Å². The van der Waals surface area contributed by atoms with Crippen LogP contribution < -0.4 is 56.3 Å². The van der Waals surface area contributed by atoms with Crippen LogP contribution in [0.2, 0.25) is 0 Å². The van der Waals surface area contributed by atoms with E-state index in [0.717, 1.165) is 5.75 Å². The van der Waals surface area contributed by atoms with Gasteiger partial charge < -0.3 is 6.31 Å². The van der Waals surface area contributed by atoms with E-state index in [0.29, 0.717) is 0 Å². The molecule has 0 N–H and O–H groups in total. The topological polar surface area (TPSA) is 18.5 Å². The molecular weight excluding hydrogens is 191 g/mol. The van der Waals surface area contributed by atoms with Crippen molar-refractivity contribution in [3.8, 4) is 5.75 Å². The van der Waals surface area contributed by atoms with E-state index in [9.17, 15) is 0 Å². The molecule has 0 aromatic heterocycles. The Kier molecular flexibility index (Phi) is 6.46. The van der Waals surface area contributed by atoms with Crippen LogP contribution in [0.15, 0.2) is 30.3 Å². The van der Waals surface area contributed by atoms with Crippen LogP contribution in [0, 0.1) is 0 Å². The summed E-state index contributed by atoms with van der Waals surface area (Å²) >= 11 is 0. The molecule has 0 saturated heterocycles. The van der Waals surface area contributed by atoms with Crippen molar-refractivity contribution < 1.29 is 62.6 Å². The third kappa shape index (κ3) is 6.66. The monoisotopic (exact) mass is 206 g/mol. The molecule has 0 aliphatic heterocycles.